The molecule has 0 unspecified atom stereocenters. The zero-order chi connectivity index (χ0) is 23.0. The first-order valence-electron chi connectivity index (χ1n) is 12.6. The third-order valence-electron chi connectivity index (χ3n) is 6.72. The van der Waals surface area contributed by atoms with Gasteiger partial charge in [0, 0.05) is 29.4 Å². The van der Waals surface area contributed by atoms with E-state index >= 15 is 0 Å². The second-order valence-corrected chi connectivity index (χ2v) is 8.91. The van der Waals surface area contributed by atoms with Crippen molar-refractivity contribution in [2.24, 2.45) is 0 Å². The minimum Gasteiger partial charge on any atom is -0.339 e. The van der Waals surface area contributed by atoms with E-state index in [2.05, 4.69) is 96.2 Å². The van der Waals surface area contributed by atoms with Gasteiger partial charge in [-0.15, -0.1) is 0 Å². The van der Waals surface area contributed by atoms with E-state index in [1.807, 2.05) is 0 Å². The van der Waals surface area contributed by atoms with Crippen molar-refractivity contribution < 1.29 is 0 Å². The Kier molecular flexibility index (Phi) is 8.14. The fourth-order valence-corrected chi connectivity index (χ4v) is 4.88. The summed E-state index contributed by atoms with van der Waals surface area (Å²) in [5.41, 5.74) is 6.20. The molecule has 0 radical (unpaired) electrons. The van der Waals surface area contributed by atoms with E-state index in [4.69, 9.17) is 4.98 Å². The third kappa shape index (κ3) is 5.63. The Morgan fingerprint density at radius 3 is 2.45 bits per heavy atom. The van der Waals surface area contributed by atoms with Crippen LogP contribution in [0, 0.1) is 6.92 Å². The van der Waals surface area contributed by atoms with Crippen molar-refractivity contribution >= 4 is 21.8 Å². The van der Waals surface area contributed by atoms with Gasteiger partial charge in [-0.05, 0) is 70.1 Å². The molecule has 0 amide bonds. The number of fused-ring (bicyclic) bond motifs is 3. The molecule has 0 aliphatic heterocycles. The van der Waals surface area contributed by atoms with Gasteiger partial charge in [0.05, 0.1) is 16.9 Å². The molecule has 4 nitrogen and oxygen atoms in total. The SMILES string of the molecule is CCN(CC)CCCCNCc1cc2c3ccccc3n(CCc3ccccc3)c2c(C)n1. The highest BCUT2D eigenvalue weighted by atomic mass is 15.1. The summed E-state index contributed by atoms with van der Waals surface area (Å²) in [4.78, 5) is 7.49. The van der Waals surface area contributed by atoms with Crippen LogP contribution in [0.2, 0.25) is 0 Å². The quantitative estimate of drug-likeness (QED) is 0.275. The highest BCUT2D eigenvalue weighted by Gasteiger charge is 2.14. The molecule has 0 spiro atoms. The number of aryl methyl sites for hydroxylation is 3. The van der Waals surface area contributed by atoms with Crippen molar-refractivity contribution in [1.29, 1.82) is 0 Å². The van der Waals surface area contributed by atoms with E-state index in [1.54, 1.807) is 0 Å². The van der Waals surface area contributed by atoms with Gasteiger partial charge in [-0.25, -0.2) is 0 Å². The lowest BCUT2D eigenvalue weighted by atomic mass is 10.1. The molecule has 0 saturated heterocycles. The second-order valence-electron chi connectivity index (χ2n) is 8.91. The molecule has 4 aromatic rings. The number of para-hydroxylation sites is 1. The van der Waals surface area contributed by atoms with Crippen molar-refractivity contribution in [1.82, 2.24) is 19.8 Å². The smallest absolute Gasteiger partial charge is 0.0707 e. The number of rotatable bonds is 12. The number of nitrogens with one attached hydrogen (secondary N) is 1. The van der Waals surface area contributed by atoms with E-state index in [0.29, 0.717) is 0 Å². The van der Waals surface area contributed by atoms with Gasteiger partial charge in [0.2, 0.25) is 0 Å². The molecule has 0 saturated carbocycles. The van der Waals surface area contributed by atoms with Gasteiger partial charge in [0.15, 0.2) is 0 Å². The standard InChI is InChI=1S/C29H38N4/c1-4-32(5-2)19-12-11-18-30-22-25-21-27-26-15-9-10-16-28(26)33(29(27)23(3)31-25)20-17-24-13-7-6-8-14-24/h6-10,13-16,21,30H,4-5,11-12,17-20,22H2,1-3H3. The van der Waals surface area contributed by atoms with Crippen LogP contribution in [0.15, 0.2) is 60.7 Å². The van der Waals surface area contributed by atoms with Crippen molar-refractivity contribution in [3.63, 3.8) is 0 Å². The van der Waals surface area contributed by atoms with Gasteiger partial charge < -0.3 is 14.8 Å². The predicted molar refractivity (Wildman–Crippen MR) is 141 cm³/mol. The molecular formula is C29H38N4. The summed E-state index contributed by atoms with van der Waals surface area (Å²) in [7, 11) is 0. The van der Waals surface area contributed by atoms with Crippen molar-refractivity contribution in [2.75, 3.05) is 26.2 Å². The monoisotopic (exact) mass is 442 g/mol. The Morgan fingerprint density at radius 2 is 1.67 bits per heavy atom. The lowest BCUT2D eigenvalue weighted by molar-refractivity contribution is 0.296. The maximum atomic E-state index is 4.99. The van der Waals surface area contributed by atoms with Crippen molar-refractivity contribution in [3.05, 3.63) is 77.6 Å². The molecule has 1 N–H and O–H groups in total. The van der Waals surface area contributed by atoms with Crippen LogP contribution >= 0.6 is 0 Å². The molecule has 174 valence electrons. The van der Waals surface area contributed by atoms with E-state index in [9.17, 15) is 0 Å². The first-order valence-corrected chi connectivity index (χ1v) is 12.6. The van der Waals surface area contributed by atoms with Crippen LogP contribution in [0.1, 0.15) is 43.6 Å². The van der Waals surface area contributed by atoms with Gasteiger partial charge >= 0.3 is 0 Å². The number of benzene rings is 2. The van der Waals surface area contributed by atoms with E-state index in [1.165, 1.54) is 46.8 Å². The molecule has 0 bridgehead atoms. The number of unbranched alkanes of at least 4 members (excludes halogenated alkanes) is 1. The second kappa shape index (κ2) is 11.4. The average Bonchev–Trinajstić information content (AvgIpc) is 3.17. The Hall–Kier alpha value is -2.69. The Morgan fingerprint density at radius 1 is 0.909 bits per heavy atom. The summed E-state index contributed by atoms with van der Waals surface area (Å²) < 4.78 is 2.46. The summed E-state index contributed by atoms with van der Waals surface area (Å²) in [6.07, 6.45) is 3.47. The van der Waals surface area contributed by atoms with Gasteiger partial charge in [0.25, 0.3) is 0 Å². The van der Waals surface area contributed by atoms with Crippen LogP contribution < -0.4 is 5.32 Å². The third-order valence-corrected chi connectivity index (χ3v) is 6.72. The van der Waals surface area contributed by atoms with Crippen LogP contribution in [-0.4, -0.2) is 40.6 Å². The molecule has 33 heavy (non-hydrogen) atoms. The van der Waals surface area contributed by atoms with Crippen LogP contribution in [0.25, 0.3) is 21.8 Å². The van der Waals surface area contributed by atoms with Crippen molar-refractivity contribution in [3.8, 4) is 0 Å². The van der Waals surface area contributed by atoms with Gasteiger partial charge in [-0.3, -0.25) is 4.98 Å². The first-order chi connectivity index (χ1) is 16.2. The highest BCUT2D eigenvalue weighted by Crippen LogP contribution is 2.31. The Bertz CT molecular complexity index is 1160. The Labute approximate surface area is 198 Å². The summed E-state index contributed by atoms with van der Waals surface area (Å²) in [6, 6.07) is 21.8. The molecule has 4 rings (SSSR count). The van der Waals surface area contributed by atoms with E-state index in [-0.39, 0.29) is 0 Å². The van der Waals surface area contributed by atoms with Gasteiger partial charge in [-0.1, -0.05) is 62.4 Å². The normalized spacial score (nSPS) is 11.8. The predicted octanol–water partition coefficient (Wildman–Crippen LogP) is 5.95. The fourth-order valence-electron chi connectivity index (χ4n) is 4.88. The topological polar surface area (TPSA) is 33.1 Å². The summed E-state index contributed by atoms with van der Waals surface area (Å²) >= 11 is 0. The molecular weight excluding hydrogens is 404 g/mol. The summed E-state index contributed by atoms with van der Waals surface area (Å²) in [5.74, 6) is 0. The molecule has 2 heterocycles. The molecule has 2 aromatic carbocycles. The lowest BCUT2D eigenvalue weighted by Crippen LogP contribution is -2.25. The van der Waals surface area contributed by atoms with Gasteiger partial charge in [0.1, 0.15) is 0 Å². The summed E-state index contributed by atoms with van der Waals surface area (Å²) in [5, 5.41) is 6.27. The van der Waals surface area contributed by atoms with Crippen LogP contribution in [0.3, 0.4) is 0 Å². The fraction of sp³-hybridized carbons (Fsp3) is 0.414. The Balaban J connectivity index is 1.48. The molecule has 4 heteroatoms. The highest BCUT2D eigenvalue weighted by molar-refractivity contribution is 6.08. The van der Waals surface area contributed by atoms with Crippen LogP contribution in [-0.2, 0) is 19.5 Å². The van der Waals surface area contributed by atoms with E-state index in [0.717, 1.165) is 50.5 Å². The zero-order valence-corrected chi connectivity index (χ0v) is 20.5. The molecule has 2 aromatic heterocycles. The van der Waals surface area contributed by atoms with Crippen molar-refractivity contribution in [2.45, 2.75) is 53.1 Å². The zero-order valence-electron chi connectivity index (χ0n) is 20.5. The maximum Gasteiger partial charge on any atom is 0.0707 e. The number of nitrogens with zero attached hydrogens (tertiary/aromatic N) is 3. The van der Waals surface area contributed by atoms with Gasteiger partial charge in [-0.2, -0.15) is 0 Å². The molecule has 0 aliphatic carbocycles. The largest absolute Gasteiger partial charge is 0.339 e. The minimum absolute atomic E-state index is 0.825. The van der Waals surface area contributed by atoms with Crippen LogP contribution in [0.5, 0.6) is 0 Å². The number of hydrogen-bond acceptors (Lipinski definition) is 3. The van der Waals surface area contributed by atoms with E-state index < -0.39 is 0 Å². The molecule has 0 aliphatic rings. The average molecular weight is 443 g/mol. The number of pyridine rings is 1. The summed E-state index contributed by atoms with van der Waals surface area (Å²) in [6.45, 7) is 13.0. The number of aromatic nitrogens is 2. The molecule has 0 atom stereocenters. The maximum absolute atomic E-state index is 4.99. The minimum atomic E-state index is 0.825. The van der Waals surface area contributed by atoms with Crippen LogP contribution in [0.4, 0.5) is 0 Å². The lowest BCUT2D eigenvalue weighted by Gasteiger charge is -2.17. The molecule has 0 fully saturated rings. The first kappa shape index (κ1) is 23.5. The number of hydrogen-bond donors (Lipinski definition) is 1.